The summed E-state index contributed by atoms with van der Waals surface area (Å²) in [6, 6.07) is 0. The summed E-state index contributed by atoms with van der Waals surface area (Å²) in [7, 11) is 0. The van der Waals surface area contributed by atoms with Crippen LogP contribution in [0.3, 0.4) is 0 Å². The Kier molecular flexibility index (Phi) is 3.86. The normalized spacial score (nSPS) is 52.3. The molecule has 0 radical (unpaired) electrons. The van der Waals surface area contributed by atoms with Gasteiger partial charge in [0.2, 0.25) is 0 Å². The summed E-state index contributed by atoms with van der Waals surface area (Å²) in [5.74, 6) is 1.52. The first-order valence-electron chi connectivity index (χ1n) is 11.6. The van der Waals surface area contributed by atoms with E-state index in [4.69, 9.17) is 4.74 Å². The molecule has 1 heterocycles. The topological polar surface area (TPSA) is 46.5 Å². The second-order valence-electron chi connectivity index (χ2n) is 12.2. The van der Waals surface area contributed by atoms with E-state index in [2.05, 4.69) is 34.6 Å². The molecule has 0 saturated heterocycles. The molecule has 1 N–H and O–H groups in total. The van der Waals surface area contributed by atoms with Crippen LogP contribution in [0.25, 0.3) is 0 Å². The molecular formula is C25H38O3. The minimum absolute atomic E-state index is 0.151. The van der Waals surface area contributed by atoms with Gasteiger partial charge >= 0.3 is 5.97 Å². The van der Waals surface area contributed by atoms with E-state index in [-0.39, 0.29) is 11.4 Å². The zero-order valence-electron chi connectivity index (χ0n) is 18.4. The van der Waals surface area contributed by atoms with Crippen LogP contribution in [0.4, 0.5) is 0 Å². The van der Waals surface area contributed by atoms with Gasteiger partial charge in [0, 0.05) is 11.0 Å². The molecule has 5 aliphatic rings. The quantitative estimate of drug-likeness (QED) is 0.577. The maximum Gasteiger partial charge on any atom is 0.335 e. The van der Waals surface area contributed by atoms with Crippen LogP contribution in [0.15, 0.2) is 11.1 Å². The minimum atomic E-state index is -0.438. The highest BCUT2D eigenvalue weighted by molar-refractivity contribution is 5.93. The molecule has 5 rings (SSSR count). The number of hydrogen-bond donors (Lipinski definition) is 1. The van der Waals surface area contributed by atoms with Crippen molar-refractivity contribution in [3.8, 4) is 0 Å². The number of carbonyl (C=O) groups is 1. The van der Waals surface area contributed by atoms with Gasteiger partial charge in [-0.2, -0.15) is 0 Å². The van der Waals surface area contributed by atoms with E-state index in [1.165, 1.54) is 37.7 Å². The largest absolute Gasteiger partial charge is 0.458 e. The molecule has 0 aromatic carbocycles. The van der Waals surface area contributed by atoms with Crippen molar-refractivity contribution in [2.24, 2.45) is 39.4 Å². The SMILES string of the molecule is CC1(C)CCC[C@@]2(C)C1CC[C@]1(C)C2C[C@@H](O)[C@]2(C)C3=C(CCC12)COC3=O. The van der Waals surface area contributed by atoms with Crippen molar-refractivity contribution in [1.82, 2.24) is 0 Å². The van der Waals surface area contributed by atoms with E-state index in [1.807, 2.05) is 0 Å². The molecule has 156 valence electrons. The summed E-state index contributed by atoms with van der Waals surface area (Å²) in [5.41, 5.74) is 2.50. The molecule has 0 spiro atoms. The Balaban J connectivity index is 1.60. The summed E-state index contributed by atoms with van der Waals surface area (Å²) in [6.45, 7) is 12.7. The van der Waals surface area contributed by atoms with Crippen molar-refractivity contribution in [3.63, 3.8) is 0 Å². The van der Waals surface area contributed by atoms with E-state index < -0.39 is 11.5 Å². The van der Waals surface area contributed by atoms with Gasteiger partial charge < -0.3 is 9.84 Å². The predicted molar refractivity (Wildman–Crippen MR) is 109 cm³/mol. The number of ether oxygens (including phenoxy) is 1. The molecule has 3 saturated carbocycles. The maximum absolute atomic E-state index is 12.7. The van der Waals surface area contributed by atoms with Crippen molar-refractivity contribution in [2.45, 2.75) is 92.1 Å². The third-order valence-electron chi connectivity index (χ3n) is 10.7. The standard InChI is InChI=1S/C25H38O3/c1-22(2)10-6-11-23(3)16(22)9-12-24(4)17-8-7-15-14-28-21(27)20(15)25(17,5)19(26)13-18(23)24/h16-19,26H,6-14H2,1-5H3/t16?,17?,18?,19-,23+,24+,25-/m1/s1. The zero-order valence-corrected chi connectivity index (χ0v) is 18.4. The summed E-state index contributed by atoms with van der Waals surface area (Å²) in [5, 5.41) is 11.6. The van der Waals surface area contributed by atoms with Crippen molar-refractivity contribution in [2.75, 3.05) is 6.61 Å². The van der Waals surface area contributed by atoms with Gasteiger partial charge in [-0.25, -0.2) is 4.79 Å². The second kappa shape index (κ2) is 5.65. The molecule has 3 heteroatoms. The molecule has 3 fully saturated rings. The zero-order chi connectivity index (χ0) is 20.1. The highest BCUT2D eigenvalue weighted by atomic mass is 16.5. The summed E-state index contributed by atoms with van der Waals surface area (Å²) in [4.78, 5) is 12.7. The van der Waals surface area contributed by atoms with Gasteiger partial charge in [0.1, 0.15) is 6.61 Å². The lowest BCUT2D eigenvalue weighted by atomic mass is 9.35. The van der Waals surface area contributed by atoms with Gasteiger partial charge in [-0.1, -0.05) is 41.0 Å². The molecule has 0 aromatic heterocycles. The molecule has 28 heavy (non-hydrogen) atoms. The lowest BCUT2D eigenvalue weighted by Gasteiger charge is -2.69. The van der Waals surface area contributed by atoms with E-state index in [0.29, 0.717) is 29.3 Å². The monoisotopic (exact) mass is 386 g/mol. The number of fused-ring (bicyclic) bond motifs is 6. The Morgan fingerprint density at radius 1 is 0.929 bits per heavy atom. The average molecular weight is 387 g/mol. The fourth-order valence-corrected chi connectivity index (χ4v) is 9.56. The molecular weight excluding hydrogens is 348 g/mol. The van der Waals surface area contributed by atoms with E-state index >= 15 is 0 Å². The van der Waals surface area contributed by atoms with E-state index in [1.54, 1.807) is 0 Å². The molecule has 0 amide bonds. The van der Waals surface area contributed by atoms with Crippen molar-refractivity contribution in [1.29, 1.82) is 0 Å². The van der Waals surface area contributed by atoms with Crippen LogP contribution in [0.1, 0.15) is 86.0 Å². The minimum Gasteiger partial charge on any atom is -0.458 e. The summed E-state index contributed by atoms with van der Waals surface area (Å²) in [6.07, 6.45) is 8.97. The highest BCUT2D eigenvalue weighted by Gasteiger charge is 2.68. The molecule has 3 unspecified atom stereocenters. The fourth-order valence-electron chi connectivity index (χ4n) is 9.56. The summed E-state index contributed by atoms with van der Waals surface area (Å²) >= 11 is 0. The van der Waals surface area contributed by atoms with E-state index in [0.717, 1.165) is 30.8 Å². The Bertz CT molecular complexity index is 751. The third-order valence-corrected chi connectivity index (χ3v) is 10.7. The van der Waals surface area contributed by atoms with Crippen LogP contribution in [0.5, 0.6) is 0 Å². The third kappa shape index (κ3) is 2.13. The first-order chi connectivity index (χ1) is 13.0. The highest BCUT2D eigenvalue weighted by Crippen LogP contribution is 2.73. The average Bonchev–Trinajstić information content (AvgIpc) is 2.99. The Hall–Kier alpha value is -0.830. The van der Waals surface area contributed by atoms with Gasteiger partial charge in [0.05, 0.1) is 6.10 Å². The van der Waals surface area contributed by atoms with Crippen molar-refractivity contribution < 1.29 is 14.6 Å². The smallest absolute Gasteiger partial charge is 0.335 e. The van der Waals surface area contributed by atoms with Gasteiger partial charge in [0.25, 0.3) is 0 Å². The number of aliphatic hydroxyl groups is 1. The van der Waals surface area contributed by atoms with Gasteiger partial charge in [-0.15, -0.1) is 0 Å². The predicted octanol–water partition coefficient (Wildman–Crippen LogP) is 5.27. The van der Waals surface area contributed by atoms with Crippen LogP contribution in [0, 0.1) is 39.4 Å². The molecule has 3 nitrogen and oxygen atoms in total. The fraction of sp³-hybridized carbons (Fsp3) is 0.880. The number of carbonyl (C=O) groups excluding carboxylic acids is 1. The number of hydrogen-bond acceptors (Lipinski definition) is 3. The van der Waals surface area contributed by atoms with Gasteiger partial charge in [-0.05, 0) is 84.5 Å². The van der Waals surface area contributed by atoms with E-state index in [9.17, 15) is 9.90 Å². The number of rotatable bonds is 0. The lowest BCUT2D eigenvalue weighted by molar-refractivity contribution is -0.217. The molecule has 7 atom stereocenters. The number of aliphatic hydroxyl groups excluding tert-OH is 1. The van der Waals surface area contributed by atoms with Crippen LogP contribution < -0.4 is 0 Å². The van der Waals surface area contributed by atoms with Crippen LogP contribution in [0.2, 0.25) is 0 Å². The van der Waals surface area contributed by atoms with Gasteiger partial charge in [0.15, 0.2) is 0 Å². The van der Waals surface area contributed by atoms with Gasteiger partial charge in [-0.3, -0.25) is 0 Å². The molecule has 0 bridgehead atoms. The Labute approximate surface area is 170 Å². The van der Waals surface area contributed by atoms with Crippen molar-refractivity contribution in [3.05, 3.63) is 11.1 Å². The molecule has 4 aliphatic carbocycles. The van der Waals surface area contributed by atoms with Crippen molar-refractivity contribution >= 4 is 5.97 Å². The van der Waals surface area contributed by atoms with Crippen LogP contribution in [-0.4, -0.2) is 23.8 Å². The van der Waals surface area contributed by atoms with Crippen LogP contribution >= 0.6 is 0 Å². The maximum atomic E-state index is 12.7. The first kappa shape index (κ1) is 19.2. The first-order valence-corrected chi connectivity index (χ1v) is 11.6. The Morgan fingerprint density at radius 3 is 2.39 bits per heavy atom. The van der Waals surface area contributed by atoms with Crippen LogP contribution in [-0.2, 0) is 9.53 Å². The number of esters is 1. The Morgan fingerprint density at radius 2 is 1.64 bits per heavy atom. The number of cyclic esters (lactones) is 1. The summed E-state index contributed by atoms with van der Waals surface area (Å²) < 4.78 is 5.44. The molecule has 0 aromatic rings. The molecule has 1 aliphatic heterocycles. The lowest BCUT2D eigenvalue weighted by Crippen LogP contribution is -2.65. The second-order valence-corrected chi connectivity index (χ2v) is 12.2.